The highest BCUT2D eigenvalue weighted by molar-refractivity contribution is 7.17. The number of thiophene rings is 1. The number of ether oxygens (including phenoxy) is 3. The van der Waals surface area contributed by atoms with Crippen LogP contribution >= 0.6 is 11.3 Å². The van der Waals surface area contributed by atoms with Gasteiger partial charge in [-0.3, -0.25) is 9.59 Å². The van der Waals surface area contributed by atoms with Gasteiger partial charge in [0.05, 0.1) is 24.3 Å². The van der Waals surface area contributed by atoms with Crippen LogP contribution in [0.4, 0.5) is 5.00 Å². The zero-order valence-electron chi connectivity index (χ0n) is 18.5. The summed E-state index contributed by atoms with van der Waals surface area (Å²) in [6, 6.07) is 4.75. The van der Waals surface area contributed by atoms with Gasteiger partial charge in [0, 0.05) is 4.88 Å². The summed E-state index contributed by atoms with van der Waals surface area (Å²) in [5.41, 5.74) is 7.04. The van der Waals surface area contributed by atoms with E-state index in [0.717, 1.165) is 36.1 Å². The lowest BCUT2D eigenvalue weighted by Gasteiger charge is -2.15. The van der Waals surface area contributed by atoms with Crippen LogP contribution in [0.2, 0.25) is 0 Å². The smallest absolute Gasteiger partial charge is 0.339 e. The molecule has 1 aromatic carbocycles. The number of carbonyl (C=O) groups is 3. The molecule has 0 radical (unpaired) electrons. The summed E-state index contributed by atoms with van der Waals surface area (Å²) >= 11 is 1.35. The fourth-order valence-corrected chi connectivity index (χ4v) is 4.78. The van der Waals surface area contributed by atoms with Crippen molar-refractivity contribution in [2.24, 2.45) is 5.73 Å². The molecule has 1 aliphatic carbocycles. The third kappa shape index (κ3) is 5.21. The maximum absolute atomic E-state index is 12.6. The van der Waals surface area contributed by atoms with Crippen LogP contribution in [0.5, 0.6) is 11.5 Å². The molecule has 0 aliphatic heterocycles. The first-order valence-electron chi connectivity index (χ1n) is 10.7. The molecule has 8 nitrogen and oxygen atoms in total. The normalized spacial score (nSPS) is 13.2. The maximum Gasteiger partial charge on any atom is 0.339 e. The Balaban J connectivity index is 1.68. The molecule has 0 saturated heterocycles. The first kappa shape index (κ1) is 23.6. The second-order valence-electron chi connectivity index (χ2n) is 7.41. The minimum atomic E-state index is -1.08. The van der Waals surface area contributed by atoms with Gasteiger partial charge in [-0.15, -0.1) is 11.3 Å². The lowest BCUT2D eigenvalue weighted by molar-refractivity contribution is -0.123. The zero-order valence-corrected chi connectivity index (χ0v) is 19.3. The van der Waals surface area contributed by atoms with Gasteiger partial charge < -0.3 is 25.3 Å². The minimum Gasteiger partial charge on any atom is -0.490 e. The molecule has 1 aliphatic rings. The summed E-state index contributed by atoms with van der Waals surface area (Å²) < 4.78 is 16.5. The van der Waals surface area contributed by atoms with Gasteiger partial charge >= 0.3 is 5.97 Å². The Hall–Kier alpha value is -3.07. The van der Waals surface area contributed by atoms with E-state index in [4.69, 9.17) is 19.9 Å². The van der Waals surface area contributed by atoms with E-state index in [-0.39, 0.29) is 5.56 Å². The number of hydrogen-bond acceptors (Lipinski definition) is 7. The van der Waals surface area contributed by atoms with Crippen LogP contribution in [-0.2, 0) is 22.4 Å². The van der Waals surface area contributed by atoms with Gasteiger partial charge in [-0.05, 0) is 63.3 Å². The van der Waals surface area contributed by atoms with Crippen molar-refractivity contribution in [1.29, 1.82) is 0 Å². The number of fused-ring (bicyclic) bond motifs is 1. The summed E-state index contributed by atoms with van der Waals surface area (Å²) in [5.74, 6) is -0.793. The van der Waals surface area contributed by atoms with E-state index >= 15 is 0 Å². The van der Waals surface area contributed by atoms with Gasteiger partial charge in [-0.1, -0.05) is 6.92 Å². The monoisotopic (exact) mass is 460 g/mol. The summed E-state index contributed by atoms with van der Waals surface area (Å²) in [7, 11) is 0. The molecule has 3 N–H and O–H groups in total. The topological polar surface area (TPSA) is 117 Å². The van der Waals surface area contributed by atoms with Crippen LogP contribution in [0, 0.1) is 0 Å². The largest absolute Gasteiger partial charge is 0.490 e. The SMILES string of the molecule is CCCOc1ccc(C(=O)OC(C)C(=O)Nc2sc3c(c2C(N)=O)CCC3)cc1OCC. The predicted octanol–water partition coefficient (Wildman–Crippen LogP) is 3.71. The number of nitrogens with one attached hydrogen (secondary N) is 1. The molecule has 1 unspecified atom stereocenters. The fraction of sp³-hybridized carbons (Fsp3) is 0.435. The molecule has 3 rings (SSSR count). The van der Waals surface area contributed by atoms with Gasteiger partial charge in [0.2, 0.25) is 0 Å². The summed E-state index contributed by atoms with van der Waals surface area (Å²) in [5, 5.41) is 3.11. The first-order chi connectivity index (χ1) is 15.3. The van der Waals surface area contributed by atoms with E-state index in [1.54, 1.807) is 12.1 Å². The molecule has 1 atom stereocenters. The molecule has 0 fully saturated rings. The van der Waals surface area contributed by atoms with Gasteiger partial charge in [0.1, 0.15) is 5.00 Å². The molecule has 2 aromatic rings. The Morgan fingerprint density at radius 3 is 2.62 bits per heavy atom. The number of amides is 2. The van der Waals surface area contributed by atoms with E-state index in [2.05, 4.69) is 5.32 Å². The van der Waals surface area contributed by atoms with Crippen LogP contribution in [0.3, 0.4) is 0 Å². The highest BCUT2D eigenvalue weighted by Crippen LogP contribution is 2.39. The predicted molar refractivity (Wildman–Crippen MR) is 122 cm³/mol. The van der Waals surface area contributed by atoms with Gasteiger partial charge in [-0.2, -0.15) is 0 Å². The van der Waals surface area contributed by atoms with Crippen LogP contribution in [0.25, 0.3) is 0 Å². The number of hydrogen-bond donors (Lipinski definition) is 2. The molecule has 0 bridgehead atoms. The minimum absolute atomic E-state index is 0.241. The van der Waals surface area contributed by atoms with Gasteiger partial charge in [-0.25, -0.2) is 4.79 Å². The summed E-state index contributed by atoms with van der Waals surface area (Å²) in [6.07, 6.45) is 2.36. The Kier molecular flexibility index (Phi) is 7.74. The Labute approximate surface area is 191 Å². The average molecular weight is 461 g/mol. The first-order valence-corrected chi connectivity index (χ1v) is 11.5. The van der Waals surface area contributed by atoms with E-state index in [0.29, 0.717) is 35.3 Å². The van der Waals surface area contributed by atoms with E-state index in [1.807, 2.05) is 13.8 Å². The van der Waals surface area contributed by atoms with Crippen molar-refractivity contribution in [3.63, 3.8) is 0 Å². The molecule has 1 heterocycles. The molecule has 1 aromatic heterocycles. The van der Waals surface area contributed by atoms with Crippen molar-refractivity contribution in [3.05, 3.63) is 39.8 Å². The Bertz CT molecular complexity index is 1020. The van der Waals surface area contributed by atoms with E-state index in [1.165, 1.54) is 24.3 Å². The number of primary amides is 1. The molecule has 0 spiro atoms. The van der Waals surface area contributed by atoms with E-state index < -0.39 is 23.9 Å². The molecular weight excluding hydrogens is 432 g/mol. The lowest BCUT2D eigenvalue weighted by atomic mass is 10.1. The Morgan fingerprint density at radius 2 is 1.94 bits per heavy atom. The number of aryl methyl sites for hydroxylation is 1. The second-order valence-corrected chi connectivity index (χ2v) is 8.51. The number of rotatable bonds is 10. The lowest BCUT2D eigenvalue weighted by Crippen LogP contribution is -2.30. The van der Waals surface area contributed by atoms with Crippen LogP contribution < -0.4 is 20.5 Å². The fourth-order valence-electron chi connectivity index (χ4n) is 3.48. The standard InChI is InChI=1S/C23H28N2O6S/c1-4-11-30-16-10-9-14(12-17(16)29-5-2)23(28)31-13(3)21(27)25-22-19(20(24)26)15-7-6-8-18(15)32-22/h9-10,12-13H,4-8,11H2,1-3H3,(H2,24,26)(H,25,27). The van der Waals surface area contributed by atoms with Gasteiger partial charge in [0.25, 0.3) is 11.8 Å². The van der Waals surface area contributed by atoms with Crippen molar-refractivity contribution >= 4 is 34.1 Å². The number of anilines is 1. The second kappa shape index (κ2) is 10.5. The molecule has 2 amide bonds. The highest BCUT2D eigenvalue weighted by Gasteiger charge is 2.28. The van der Waals surface area contributed by atoms with Crippen LogP contribution in [-0.4, -0.2) is 37.1 Å². The van der Waals surface area contributed by atoms with Crippen molar-refractivity contribution < 1.29 is 28.6 Å². The van der Waals surface area contributed by atoms with Crippen LogP contribution in [0.15, 0.2) is 18.2 Å². The Morgan fingerprint density at radius 1 is 1.16 bits per heavy atom. The molecule has 0 saturated carbocycles. The van der Waals surface area contributed by atoms with Gasteiger partial charge in [0.15, 0.2) is 17.6 Å². The maximum atomic E-state index is 12.6. The number of benzene rings is 1. The summed E-state index contributed by atoms with van der Waals surface area (Å²) in [4.78, 5) is 38.2. The quantitative estimate of drug-likeness (QED) is 0.522. The van der Waals surface area contributed by atoms with Crippen molar-refractivity contribution in [1.82, 2.24) is 0 Å². The van der Waals surface area contributed by atoms with Crippen molar-refractivity contribution in [3.8, 4) is 11.5 Å². The zero-order chi connectivity index (χ0) is 23.3. The highest BCUT2D eigenvalue weighted by atomic mass is 32.1. The number of carbonyl (C=O) groups excluding carboxylic acids is 3. The van der Waals surface area contributed by atoms with E-state index in [9.17, 15) is 14.4 Å². The molecular formula is C23H28N2O6S. The third-order valence-electron chi connectivity index (χ3n) is 5.00. The molecule has 9 heteroatoms. The summed E-state index contributed by atoms with van der Waals surface area (Å²) in [6.45, 7) is 6.24. The molecule has 32 heavy (non-hydrogen) atoms. The van der Waals surface area contributed by atoms with Crippen molar-refractivity contribution in [2.45, 2.75) is 52.6 Å². The third-order valence-corrected chi connectivity index (χ3v) is 6.21. The average Bonchev–Trinajstić information content (AvgIpc) is 3.33. The van der Waals surface area contributed by atoms with Crippen LogP contribution in [0.1, 0.15) is 64.8 Å². The number of esters is 1. The number of nitrogens with two attached hydrogens (primary N) is 1. The molecule has 172 valence electrons. The van der Waals surface area contributed by atoms with Crippen molar-refractivity contribution in [2.75, 3.05) is 18.5 Å².